The summed E-state index contributed by atoms with van der Waals surface area (Å²) in [6, 6.07) is 3.78. The summed E-state index contributed by atoms with van der Waals surface area (Å²) in [5.41, 5.74) is 1.69. The van der Waals surface area contributed by atoms with E-state index in [-0.39, 0.29) is 5.91 Å². The molecule has 0 saturated carbocycles. The summed E-state index contributed by atoms with van der Waals surface area (Å²) in [4.78, 5) is 15.4. The van der Waals surface area contributed by atoms with Crippen LogP contribution in [0.5, 0.6) is 0 Å². The van der Waals surface area contributed by atoms with Crippen LogP contribution in [0.4, 0.5) is 0 Å². The fourth-order valence-corrected chi connectivity index (χ4v) is 2.03. The molecule has 2 heterocycles. The summed E-state index contributed by atoms with van der Waals surface area (Å²) >= 11 is 0. The van der Waals surface area contributed by atoms with E-state index in [4.69, 9.17) is 0 Å². The Labute approximate surface area is 95.5 Å². The van der Waals surface area contributed by atoms with Gasteiger partial charge >= 0.3 is 0 Å². The third-order valence-electron chi connectivity index (χ3n) is 2.97. The Balaban J connectivity index is 1.98. The van der Waals surface area contributed by atoms with E-state index in [1.54, 1.807) is 13.1 Å². The Morgan fingerprint density at radius 2 is 2.50 bits per heavy atom. The molecule has 1 fully saturated rings. The van der Waals surface area contributed by atoms with Gasteiger partial charge in [-0.3, -0.25) is 9.78 Å². The van der Waals surface area contributed by atoms with Gasteiger partial charge in [0.2, 0.25) is 0 Å². The standard InChI is InChI=1S/C12H17N3O/c1-13-12(16)11-3-2-9(8-15-11)6-10-4-5-14-7-10/h2-3,8,10,14H,4-7H2,1H3,(H,13,16). The van der Waals surface area contributed by atoms with Crippen molar-refractivity contribution in [3.05, 3.63) is 29.6 Å². The number of nitrogens with one attached hydrogen (secondary N) is 2. The maximum atomic E-state index is 11.3. The summed E-state index contributed by atoms with van der Waals surface area (Å²) in [7, 11) is 1.61. The van der Waals surface area contributed by atoms with Gasteiger partial charge in [0.25, 0.3) is 5.91 Å². The number of amides is 1. The molecule has 1 saturated heterocycles. The molecule has 1 aliphatic heterocycles. The normalized spacial score (nSPS) is 19.7. The number of aromatic nitrogens is 1. The van der Waals surface area contributed by atoms with Gasteiger partial charge in [-0.05, 0) is 43.5 Å². The number of hydrogen-bond acceptors (Lipinski definition) is 3. The fraction of sp³-hybridized carbons (Fsp3) is 0.500. The monoisotopic (exact) mass is 219 g/mol. The second-order valence-corrected chi connectivity index (χ2v) is 4.19. The van der Waals surface area contributed by atoms with Crippen LogP contribution in [0.25, 0.3) is 0 Å². The minimum Gasteiger partial charge on any atom is -0.354 e. The van der Waals surface area contributed by atoms with E-state index in [2.05, 4.69) is 15.6 Å². The van der Waals surface area contributed by atoms with Crippen LogP contribution in [0, 0.1) is 5.92 Å². The van der Waals surface area contributed by atoms with Crippen LogP contribution in [0.1, 0.15) is 22.5 Å². The zero-order valence-corrected chi connectivity index (χ0v) is 9.49. The first-order valence-corrected chi connectivity index (χ1v) is 5.67. The summed E-state index contributed by atoms with van der Waals surface area (Å²) in [5, 5.41) is 5.91. The number of rotatable bonds is 3. The van der Waals surface area contributed by atoms with E-state index in [0.717, 1.165) is 19.5 Å². The highest BCUT2D eigenvalue weighted by atomic mass is 16.1. The molecule has 1 unspecified atom stereocenters. The number of carbonyl (C=O) groups excluding carboxylic acids is 1. The molecule has 4 heteroatoms. The third-order valence-corrected chi connectivity index (χ3v) is 2.97. The van der Waals surface area contributed by atoms with E-state index in [9.17, 15) is 4.79 Å². The van der Waals surface area contributed by atoms with E-state index in [1.807, 2.05) is 12.3 Å². The summed E-state index contributed by atoms with van der Waals surface area (Å²) in [6.07, 6.45) is 4.09. The molecular formula is C12H17N3O. The van der Waals surface area contributed by atoms with Gasteiger partial charge in [0.15, 0.2) is 0 Å². The highest BCUT2D eigenvalue weighted by molar-refractivity contribution is 5.91. The van der Waals surface area contributed by atoms with Crippen molar-refractivity contribution < 1.29 is 4.79 Å². The van der Waals surface area contributed by atoms with Crippen LogP contribution in [0.3, 0.4) is 0 Å². The van der Waals surface area contributed by atoms with Gasteiger partial charge in [-0.15, -0.1) is 0 Å². The average molecular weight is 219 g/mol. The lowest BCUT2D eigenvalue weighted by atomic mass is 10.00. The Bertz CT molecular complexity index is 355. The van der Waals surface area contributed by atoms with Gasteiger partial charge in [0.1, 0.15) is 5.69 Å². The van der Waals surface area contributed by atoms with E-state index in [0.29, 0.717) is 11.6 Å². The van der Waals surface area contributed by atoms with Crippen molar-refractivity contribution >= 4 is 5.91 Å². The average Bonchev–Trinajstić information content (AvgIpc) is 2.82. The van der Waals surface area contributed by atoms with Crippen molar-refractivity contribution in [1.82, 2.24) is 15.6 Å². The number of nitrogens with zero attached hydrogens (tertiary/aromatic N) is 1. The zero-order chi connectivity index (χ0) is 11.4. The molecule has 2 rings (SSSR count). The summed E-state index contributed by atoms with van der Waals surface area (Å²) in [6.45, 7) is 2.21. The minimum absolute atomic E-state index is 0.130. The van der Waals surface area contributed by atoms with Gasteiger partial charge in [-0.2, -0.15) is 0 Å². The molecule has 86 valence electrons. The molecule has 4 nitrogen and oxygen atoms in total. The smallest absolute Gasteiger partial charge is 0.269 e. The Hall–Kier alpha value is -1.42. The molecule has 2 N–H and O–H groups in total. The quantitative estimate of drug-likeness (QED) is 0.782. The zero-order valence-electron chi connectivity index (χ0n) is 9.49. The van der Waals surface area contributed by atoms with Crippen molar-refractivity contribution in [3.8, 4) is 0 Å². The largest absolute Gasteiger partial charge is 0.354 e. The molecule has 0 radical (unpaired) electrons. The predicted octanol–water partition coefficient (Wildman–Crippen LogP) is 0.593. The van der Waals surface area contributed by atoms with E-state index < -0.39 is 0 Å². The number of pyridine rings is 1. The predicted molar refractivity (Wildman–Crippen MR) is 62.3 cm³/mol. The minimum atomic E-state index is -0.130. The SMILES string of the molecule is CNC(=O)c1ccc(CC2CCNC2)cn1. The molecule has 1 aliphatic rings. The van der Waals surface area contributed by atoms with Gasteiger partial charge in [-0.25, -0.2) is 0 Å². The summed E-state index contributed by atoms with van der Waals surface area (Å²) in [5.74, 6) is 0.585. The first-order valence-electron chi connectivity index (χ1n) is 5.67. The summed E-state index contributed by atoms with van der Waals surface area (Å²) < 4.78 is 0. The molecular weight excluding hydrogens is 202 g/mol. The molecule has 1 atom stereocenters. The molecule has 0 bridgehead atoms. The molecule has 16 heavy (non-hydrogen) atoms. The van der Waals surface area contributed by atoms with Crippen molar-refractivity contribution in [1.29, 1.82) is 0 Å². The fourth-order valence-electron chi connectivity index (χ4n) is 2.03. The molecule has 0 aliphatic carbocycles. The lowest BCUT2D eigenvalue weighted by Gasteiger charge is -2.07. The van der Waals surface area contributed by atoms with Crippen molar-refractivity contribution in [3.63, 3.8) is 0 Å². The second kappa shape index (κ2) is 5.07. The molecule has 1 amide bonds. The maximum absolute atomic E-state index is 11.3. The second-order valence-electron chi connectivity index (χ2n) is 4.19. The van der Waals surface area contributed by atoms with Gasteiger partial charge in [0.05, 0.1) is 0 Å². The van der Waals surface area contributed by atoms with Crippen LogP contribution in [-0.4, -0.2) is 31.0 Å². The van der Waals surface area contributed by atoms with Crippen LogP contribution in [0.15, 0.2) is 18.3 Å². The van der Waals surface area contributed by atoms with Crippen LogP contribution in [0.2, 0.25) is 0 Å². The van der Waals surface area contributed by atoms with Crippen LogP contribution < -0.4 is 10.6 Å². The lowest BCUT2D eigenvalue weighted by molar-refractivity contribution is 0.0958. The third kappa shape index (κ3) is 2.58. The number of carbonyl (C=O) groups is 1. The van der Waals surface area contributed by atoms with Gasteiger partial charge in [0, 0.05) is 13.2 Å². The Morgan fingerprint density at radius 1 is 1.62 bits per heavy atom. The first kappa shape index (κ1) is 11.1. The number of hydrogen-bond donors (Lipinski definition) is 2. The van der Waals surface area contributed by atoms with Gasteiger partial charge in [-0.1, -0.05) is 6.07 Å². The maximum Gasteiger partial charge on any atom is 0.269 e. The molecule has 1 aromatic rings. The Morgan fingerprint density at radius 3 is 3.06 bits per heavy atom. The van der Waals surface area contributed by atoms with Gasteiger partial charge < -0.3 is 10.6 Å². The van der Waals surface area contributed by atoms with Crippen LogP contribution >= 0.6 is 0 Å². The van der Waals surface area contributed by atoms with Crippen molar-refractivity contribution in [2.24, 2.45) is 5.92 Å². The molecule has 0 spiro atoms. The lowest BCUT2D eigenvalue weighted by Crippen LogP contribution is -2.19. The highest BCUT2D eigenvalue weighted by Crippen LogP contribution is 2.14. The van der Waals surface area contributed by atoms with E-state index in [1.165, 1.54) is 12.0 Å². The molecule has 1 aromatic heterocycles. The Kier molecular flexibility index (Phi) is 3.51. The topological polar surface area (TPSA) is 54.0 Å². The molecule has 0 aromatic carbocycles. The first-order chi connectivity index (χ1) is 7.79. The van der Waals surface area contributed by atoms with Crippen LogP contribution in [-0.2, 0) is 6.42 Å². The van der Waals surface area contributed by atoms with Crippen molar-refractivity contribution in [2.45, 2.75) is 12.8 Å². The van der Waals surface area contributed by atoms with E-state index >= 15 is 0 Å². The highest BCUT2D eigenvalue weighted by Gasteiger charge is 2.15. The van der Waals surface area contributed by atoms with Crippen molar-refractivity contribution in [2.75, 3.05) is 20.1 Å².